The lowest BCUT2D eigenvalue weighted by atomic mass is 9.86. The monoisotopic (exact) mass is 205 g/mol. The van der Waals surface area contributed by atoms with Crippen molar-refractivity contribution in [3.05, 3.63) is 29.8 Å². The fourth-order valence-corrected chi connectivity index (χ4v) is 1.85. The van der Waals surface area contributed by atoms with Gasteiger partial charge in [-0.15, -0.1) is 0 Å². The van der Waals surface area contributed by atoms with Gasteiger partial charge in [-0.3, -0.25) is 0 Å². The summed E-state index contributed by atoms with van der Waals surface area (Å²) in [6.07, 6.45) is 5.03. The number of benzene rings is 1. The van der Waals surface area contributed by atoms with Gasteiger partial charge in [-0.05, 0) is 36.8 Å². The maximum Gasteiger partial charge on any atom is 0.0507 e. The fraction of sp³-hybridized carbons (Fsp3) is 0.538. The summed E-state index contributed by atoms with van der Waals surface area (Å²) in [7, 11) is 0. The Labute approximate surface area is 91.4 Å². The quantitative estimate of drug-likeness (QED) is 0.592. The third-order valence-electron chi connectivity index (χ3n) is 3.15. The average molecular weight is 205 g/mol. The highest BCUT2D eigenvalue weighted by Crippen LogP contribution is 2.26. The lowest BCUT2D eigenvalue weighted by Gasteiger charge is -2.24. The first kappa shape index (κ1) is 10.5. The van der Waals surface area contributed by atoms with Crippen LogP contribution in [0.5, 0.6) is 0 Å². The Bertz CT molecular complexity index is 307. The predicted octanol–water partition coefficient (Wildman–Crippen LogP) is 2.63. The van der Waals surface area contributed by atoms with Crippen molar-refractivity contribution < 1.29 is 4.74 Å². The van der Waals surface area contributed by atoms with Gasteiger partial charge in [0.05, 0.1) is 6.61 Å². The normalized spacial score (nSPS) is 16.3. The summed E-state index contributed by atoms with van der Waals surface area (Å²) in [6, 6.07) is 8.01. The van der Waals surface area contributed by atoms with E-state index in [2.05, 4.69) is 6.07 Å². The molecule has 15 heavy (non-hydrogen) atoms. The molecule has 0 aromatic heterocycles. The van der Waals surface area contributed by atoms with Gasteiger partial charge in [0, 0.05) is 12.3 Å². The largest absolute Gasteiger partial charge is 0.399 e. The molecule has 0 amide bonds. The van der Waals surface area contributed by atoms with Gasteiger partial charge < -0.3 is 10.5 Å². The first-order chi connectivity index (χ1) is 7.36. The van der Waals surface area contributed by atoms with Crippen LogP contribution < -0.4 is 5.73 Å². The molecule has 1 aromatic carbocycles. The Hall–Kier alpha value is -1.02. The van der Waals surface area contributed by atoms with Crippen LogP contribution in [0.1, 0.15) is 24.8 Å². The van der Waals surface area contributed by atoms with Gasteiger partial charge in [0.1, 0.15) is 0 Å². The first-order valence-corrected chi connectivity index (χ1v) is 5.77. The molecule has 2 heteroatoms. The number of para-hydroxylation sites is 1. The summed E-state index contributed by atoms with van der Waals surface area (Å²) in [5.41, 5.74) is 7.92. The third kappa shape index (κ3) is 2.96. The second-order valence-electron chi connectivity index (χ2n) is 4.32. The Morgan fingerprint density at radius 3 is 2.73 bits per heavy atom. The number of nitrogens with two attached hydrogens (primary N) is 1. The Balaban J connectivity index is 1.66. The standard InChI is InChI=1S/C13H19NO/c14-13-7-2-1-6-12(13)8-9-15-10-11-4-3-5-11/h1-2,6-7,11H,3-5,8-10,14H2. The minimum absolute atomic E-state index is 0.796. The molecule has 0 bridgehead atoms. The van der Waals surface area contributed by atoms with Crippen LogP contribution in [0.25, 0.3) is 0 Å². The van der Waals surface area contributed by atoms with Gasteiger partial charge in [0.15, 0.2) is 0 Å². The maximum absolute atomic E-state index is 5.84. The van der Waals surface area contributed by atoms with Crippen LogP contribution >= 0.6 is 0 Å². The summed E-state index contributed by atoms with van der Waals surface area (Å²) in [5, 5.41) is 0. The number of hydrogen-bond donors (Lipinski definition) is 1. The molecule has 0 saturated heterocycles. The van der Waals surface area contributed by atoms with Crippen LogP contribution in [0.2, 0.25) is 0 Å². The van der Waals surface area contributed by atoms with Crippen molar-refractivity contribution in [2.24, 2.45) is 5.92 Å². The first-order valence-electron chi connectivity index (χ1n) is 5.77. The summed E-state index contributed by atoms with van der Waals surface area (Å²) in [5.74, 6) is 0.832. The van der Waals surface area contributed by atoms with Gasteiger partial charge >= 0.3 is 0 Å². The van der Waals surface area contributed by atoms with Gasteiger partial charge in [-0.2, -0.15) is 0 Å². The second kappa shape index (κ2) is 5.17. The zero-order valence-electron chi connectivity index (χ0n) is 9.11. The number of nitrogen functional groups attached to an aromatic ring is 1. The molecule has 0 unspecified atom stereocenters. The molecule has 1 aromatic rings. The molecule has 2 rings (SSSR count). The number of hydrogen-bond acceptors (Lipinski definition) is 2. The van der Waals surface area contributed by atoms with Gasteiger partial charge in [0.25, 0.3) is 0 Å². The molecular formula is C13H19NO. The van der Waals surface area contributed by atoms with E-state index in [1.807, 2.05) is 18.2 Å². The van der Waals surface area contributed by atoms with Crippen molar-refractivity contribution in [2.75, 3.05) is 18.9 Å². The molecule has 2 N–H and O–H groups in total. The van der Waals surface area contributed by atoms with E-state index in [4.69, 9.17) is 10.5 Å². The van der Waals surface area contributed by atoms with Crippen molar-refractivity contribution in [1.29, 1.82) is 0 Å². The molecule has 2 nitrogen and oxygen atoms in total. The lowest BCUT2D eigenvalue weighted by Crippen LogP contribution is -2.18. The maximum atomic E-state index is 5.84. The van der Waals surface area contributed by atoms with Crippen LogP contribution in [0.3, 0.4) is 0 Å². The van der Waals surface area contributed by atoms with Crippen molar-refractivity contribution in [2.45, 2.75) is 25.7 Å². The Morgan fingerprint density at radius 1 is 1.27 bits per heavy atom. The van der Waals surface area contributed by atoms with E-state index in [-0.39, 0.29) is 0 Å². The summed E-state index contributed by atoms with van der Waals surface area (Å²) < 4.78 is 5.64. The van der Waals surface area contributed by atoms with E-state index in [9.17, 15) is 0 Å². The topological polar surface area (TPSA) is 35.2 Å². The zero-order chi connectivity index (χ0) is 10.5. The van der Waals surface area contributed by atoms with E-state index < -0.39 is 0 Å². The fourth-order valence-electron chi connectivity index (χ4n) is 1.85. The average Bonchev–Trinajstić information content (AvgIpc) is 2.17. The highest BCUT2D eigenvalue weighted by Gasteiger charge is 2.16. The molecule has 1 saturated carbocycles. The minimum atomic E-state index is 0.796. The minimum Gasteiger partial charge on any atom is -0.399 e. The number of ether oxygens (including phenoxy) is 1. The summed E-state index contributed by atoms with van der Waals surface area (Å²) in [6.45, 7) is 1.73. The molecule has 0 heterocycles. The molecule has 0 radical (unpaired) electrons. The smallest absolute Gasteiger partial charge is 0.0507 e. The van der Waals surface area contributed by atoms with Gasteiger partial charge in [0.2, 0.25) is 0 Å². The van der Waals surface area contributed by atoms with E-state index >= 15 is 0 Å². The van der Waals surface area contributed by atoms with Crippen LogP contribution in [-0.2, 0) is 11.2 Å². The van der Waals surface area contributed by atoms with Crippen LogP contribution in [0.15, 0.2) is 24.3 Å². The number of rotatable bonds is 5. The SMILES string of the molecule is Nc1ccccc1CCOCC1CCC1. The van der Waals surface area contributed by atoms with Gasteiger partial charge in [-0.25, -0.2) is 0 Å². The molecule has 82 valence electrons. The molecule has 0 atom stereocenters. The summed E-state index contributed by atoms with van der Waals surface area (Å²) >= 11 is 0. The van der Waals surface area contributed by atoms with Crippen molar-refractivity contribution in [3.8, 4) is 0 Å². The molecule has 1 fully saturated rings. The highest BCUT2D eigenvalue weighted by atomic mass is 16.5. The van der Waals surface area contributed by atoms with E-state index in [0.29, 0.717) is 0 Å². The predicted molar refractivity (Wildman–Crippen MR) is 62.7 cm³/mol. The lowest BCUT2D eigenvalue weighted by molar-refractivity contribution is 0.0723. The molecule has 0 spiro atoms. The Morgan fingerprint density at radius 2 is 2.07 bits per heavy atom. The number of anilines is 1. The molecule has 1 aliphatic rings. The van der Waals surface area contributed by atoms with E-state index in [1.165, 1.54) is 24.8 Å². The van der Waals surface area contributed by atoms with Crippen molar-refractivity contribution in [3.63, 3.8) is 0 Å². The van der Waals surface area contributed by atoms with Crippen LogP contribution in [-0.4, -0.2) is 13.2 Å². The van der Waals surface area contributed by atoms with Gasteiger partial charge in [-0.1, -0.05) is 24.6 Å². The van der Waals surface area contributed by atoms with Crippen LogP contribution in [0.4, 0.5) is 5.69 Å². The van der Waals surface area contributed by atoms with E-state index in [1.54, 1.807) is 0 Å². The second-order valence-corrected chi connectivity index (χ2v) is 4.32. The van der Waals surface area contributed by atoms with Crippen molar-refractivity contribution in [1.82, 2.24) is 0 Å². The molecular weight excluding hydrogens is 186 g/mol. The molecule has 1 aliphatic carbocycles. The highest BCUT2D eigenvalue weighted by molar-refractivity contribution is 5.46. The third-order valence-corrected chi connectivity index (χ3v) is 3.15. The Kier molecular flexibility index (Phi) is 3.62. The zero-order valence-corrected chi connectivity index (χ0v) is 9.11. The van der Waals surface area contributed by atoms with Crippen LogP contribution in [0, 0.1) is 5.92 Å². The van der Waals surface area contributed by atoms with E-state index in [0.717, 1.165) is 31.2 Å². The summed E-state index contributed by atoms with van der Waals surface area (Å²) in [4.78, 5) is 0. The molecule has 0 aliphatic heterocycles. The van der Waals surface area contributed by atoms with Crippen molar-refractivity contribution >= 4 is 5.69 Å².